The predicted molar refractivity (Wildman–Crippen MR) is 75.4 cm³/mol. The molecule has 1 aromatic carbocycles. The topological polar surface area (TPSA) is 3.24 Å². The highest BCUT2D eigenvalue weighted by Crippen LogP contribution is 2.13. The zero-order valence-electron chi connectivity index (χ0n) is 11.2. The van der Waals surface area contributed by atoms with E-state index in [0.717, 1.165) is 0 Å². The fourth-order valence-corrected chi connectivity index (χ4v) is 5.37. The number of benzene rings is 1. The van der Waals surface area contributed by atoms with Crippen LogP contribution in [0, 0.1) is 0 Å². The van der Waals surface area contributed by atoms with Crippen molar-refractivity contribution in [3.05, 3.63) is 35.9 Å². The first kappa shape index (κ1) is 13.5. The first-order valence-electron chi connectivity index (χ1n) is 6.33. The molecule has 0 bridgehead atoms. The van der Waals surface area contributed by atoms with Crippen molar-refractivity contribution in [2.24, 2.45) is 0 Å². The third-order valence-corrected chi connectivity index (χ3v) is 5.74. The van der Waals surface area contributed by atoms with E-state index in [2.05, 4.69) is 62.2 Å². The minimum Gasteiger partial charge on any atom is -0.307 e. The molecule has 0 spiro atoms. The molecule has 1 nitrogen and oxygen atoms in total. The summed E-state index contributed by atoms with van der Waals surface area (Å²) in [5.74, 6) is 0. The monoisotopic (exact) mass is 235 g/mol. The largest absolute Gasteiger partial charge is 0.307 e. The summed E-state index contributed by atoms with van der Waals surface area (Å²) in [5, 5.41) is 0. The maximum atomic E-state index is 2.56. The van der Waals surface area contributed by atoms with Crippen LogP contribution in [0.3, 0.4) is 0 Å². The van der Waals surface area contributed by atoms with Gasteiger partial charge in [-0.15, -0.1) is 0 Å². The van der Waals surface area contributed by atoms with E-state index < -0.39 is 8.07 Å². The van der Waals surface area contributed by atoms with Gasteiger partial charge in [-0.2, -0.15) is 0 Å². The van der Waals surface area contributed by atoms with Gasteiger partial charge in [0.15, 0.2) is 0 Å². The Morgan fingerprint density at radius 1 is 1.00 bits per heavy atom. The summed E-state index contributed by atoms with van der Waals surface area (Å²) in [6.45, 7) is 11.9. The van der Waals surface area contributed by atoms with E-state index in [4.69, 9.17) is 0 Å². The highest BCUT2D eigenvalue weighted by molar-refractivity contribution is 6.77. The molecule has 0 saturated heterocycles. The molecule has 16 heavy (non-hydrogen) atoms. The highest BCUT2D eigenvalue weighted by atomic mass is 28.3. The lowest BCUT2D eigenvalue weighted by molar-refractivity contribution is 0.347. The molecule has 0 atom stereocenters. The van der Waals surface area contributed by atoms with Crippen LogP contribution in [0.5, 0.6) is 0 Å². The van der Waals surface area contributed by atoms with Gasteiger partial charge in [0.05, 0.1) is 8.07 Å². The SMILES string of the molecule is CCN(CC)C[Si](C)(C)Cc1ccccc1. The number of rotatable bonds is 6. The van der Waals surface area contributed by atoms with Crippen LogP contribution in [0.1, 0.15) is 19.4 Å². The third-order valence-electron chi connectivity index (χ3n) is 3.07. The molecule has 0 unspecified atom stereocenters. The van der Waals surface area contributed by atoms with Crippen LogP contribution < -0.4 is 0 Å². The zero-order chi connectivity index (χ0) is 12.0. The molecule has 0 radical (unpaired) electrons. The van der Waals surface area contributed by atoms with Crippen LogP contribution in [-0.4, -0.2) is 32.2 Å². The lowest BCUT2D eigenvalue weighted by atomic mass is 10.2. The van der Waals surface area contributed by atoms with Gasteiger partial charge in [-0.25, -0.2) is 0 Å². The van der Waals surface area contributed by atoms with Crippen molar-refractivity contribution >= 4 is 8.07 Å². The van der Waals surface area contributed by atoms with Crippen molar-refractivity contribution in [3.63, 3.8) is 0 Å². The molecule has 1 aromatic rings. The van der Waals surface area contributed by atoms with Crippen molar-refractivity contribution in [3.8, 4) is 0 Å². The van der Waals surface area contributed by atoms with Crippen LogP contribution in [-0.2, 0) is 6.04 Å². The van der Waals surface area contributed by atoms with Gasteiger partial charge in [0.25, 0.3) is 0 Å². The van der Waals surface area contributed by atoms with Crippen molar-refractivity contribution in [2.75, 3.05) is 19.3 Å². The van der Waals surface area contributed by atoms with Gasteiger partial charge in [-0.3, -0.25) is 0 Å². The number of hydrogen-bond acceptors (Lipinski definition) is 1. The van der Waals surface area contributed by atoms with Crippen LogP contribution in [0.2, 0.25) is 13.1 Å². The summed E-state index contributed by atoms with van der Waals surface area (Å²) in [6, 6.07) is 12.2. The van der Waals surface area contributed by atoms with E-state index >= 15 is 0 Å². The Morgan fingerprint density at radius 2 is 1.56 bits per heavy atom. The van der Waals surface area contributed by atoms with E-state index in [-0.39, 0.29) is 0 Å². The summed E-state index contributed by atoms with van der Waals surface area (Å²) in [4.78, 5) is 2.56. The van der Waals surface area contributed by atoms with Gasteiger partial charge in [-0.05, 0) is 25.3 Å². The summed E-state index contributed by atoms with van der Waals surface area (Å²) >= 11 is 0. The molecule has 0 amide bonds. The van der Waals surface area contributed by atoms with Gasteiger partial charge in [-0.1, -0.05) is 62.8 Å². The fourth-order valence-electron chi connectivity index (χ4n) is 2.26. The average Bonchev–Trinajstić information content (AvgIpc) is 2.26. The summed E-state index contributed by atoms with van der Waals surface area (Å²) in [6.07, 6.45) is 1.31. The second-order valence-electron chi connectivity index (χ2n) is 5.29. The molecule has 0 N–H and O–H groups in total. The molecule has 0 saturated carbocycles. The van der Waals surface area contributed by atoms with Crippen LogP contribution in [0.4, 0.5) is 0 Å². The fraction of sp³-hybridized carbons (Fsp3) is 0.571. The van der Waals surface area contributed by atoms with E-state index in [1.54, 1.807) is 0 Å². The Hall–Kier alpha value is -0.603. The summed E-state index contributed by atoms with van der Waals surface area (Å²) in [5.41, 5.74) is 1.51. The minimum atomic E-state index is -1.12. The van der Waals surface area contributed by atoms with Gasteiger partial charge in [0.2, 0.25) is 0 Å². The lowest BCUT2D eigenvalue weighted by Gasteiger charge is -2.29. The Kier molecular flexibility index (Phi) is 5.23. The highest BCUT2D eigenvalue weighted by Gasteiger charge is 2.23. The summed E-state index contributed by atoms with van der Waals surface area (Å²) < 4.78 is 0. The van der Waals surface area contributed by atoms with Crippen LogP contribution in [0.15, 0.2) is 30.3 Å². The van der Waals surface area contributed by atoms with E-state index in [0.29, 0.717) is 0 Å². The number of hydrogen-bond donors (Lipinski definition) is 0. The molecule has 2 heteroatoms. The molecule has 0 fully saturated rings. The Balaban J connectivity index is 2.57. The molecule has 90 valence electrons. The number of nitrogens with zero attached hydrogens (tertiary/aromatic N) is 1. The van der Waals surface area contributed by atoms with Crippen molar-refractivity contribution in [2.45, 2.75) is 33.0 Å². The average molecular weight is 235 g/mol. The molecule has 0 aromatic heterocycles. The molecule has 0 aliphatic carbocycles. The lowest BCUT2D eigenvalue weighted by Crippen LogP contribution is -2.44. The van der Waals surface area contributed by atoms with Gasteiger partial charge in [0, 0.05) is 0 Å². The maximum Gasteiger partial charge on any atom is 0.0672 e. The first-order valence-corrected chi connectivity index (χ1v) is 9.75. The Bertz CT molecular complexity index is 291. The molecular formula is C14H25NSi. The Morgan fingerprint density at radius 3 is 2.06 bits per heavy atom. The predicted octanol–water partition coefficient (Wildman–Crippen LogP) is 3.36. The second-order valence-corrected chi connectivity index (χ2v) is 10.3. The quantitative estimate of drug-likeness (QED) is 0.684. The van der Waals surface area contributed by atoms with Crippen molar-refractivity contribution in [1.82, 2.24) is 4.90 Å². The normalized spacial score (nSPS) is 12.1. The Labute approximate surface area is 101 Å². The smallest absolute Gasteiger partial charge is 0.0672 e. The van der Waals surface area contributed by atoms with Crippen LogP contribution in [0.25, 0.3) is 0 Å². The maximum absolute atomic E-state index is 2.56. The van der Waals surface area contributed by atoms with Crippen LogP contribution >= 0.6 is 0 Å². The van der Waals surface area contributed by atoms with Crippen molar-refractivity contribution < 1.29 is 0 Å². The van der Waals surface area contributed by atoms with E-state index in [1.807, 2.05) is 0 Å². The van der Waals surface area contributed by atoms with Gasteiger partial charge < -0.3 is 4.90 Å². The molecule has 0 aliphatic rings. The molecule has 0 heterocycles. The van der Waals surface area contributed by atoms with Crippen molar-refractivity contribution in [1.29, 1.82) is 0 Å². The van der Waals surface area contributed by atoms with E-state index in [1.165, 1.54) is 30.9 Å². The second kappa shape index (κ2) is 6.21. The van der Waals surface area contributed by atoms with Gasteiger partial charge in [0.1, 0.15) is 0 Å². The van der Waals surface area contributed by atoms with E-state index in [9.17, 15) is 0 Å². The molecular weight excluding hydrogens is 210 g/mol. The standard InChI is InChI=1S/C14H25NSi/c1-5-15(6-2)13-16(3,4)12-14-10-8-7-9-11-14/h7-11H,5-6,12-13H2,1-4H3. The zero-order valence-corrected chi connectivity index (χ0v) is 12.2. The summed E-state index contributed by atoms with van der Waals surface area (Å²) in [7, 11) is -1.12. The third kappa shape index (κ3) is 4.50. The van der Waals surface area contributed by atoms with Gasteiger partial charge >= 0.3 is 0 Å². The molecule has 1 rings (SSSR count). The minimum absolute atomic E-state index is 1.12. The molecule has 0 aliphatic heterocycles. The first-order chi connectivity index (χ1) is 7.57.